The van der Waals surface area contributed by atoms with Gasteiger partial charge in [-0.05, 0) is 104 Å². The SMILES string of the molecule is CC(NC(=O)OC(C)(C)C)C(=O)Nc1cc(Cl)cc(N)n1.CC(NC(=O)OC(C)(C)C)C(=O)Nc1cc(Cl)cc(NC(=O)c2ccccn2)n1.O=C(O)c1ccccn1. The Morgan fingerprint density at radius 1 is 0.644 bits per heavy atom. The molecule has 2 unspecified atom stereocenters. The Morgan fingerprint density at radius 2 is 1.05 bits per heavy atom. The van der Waals surface area contributed by atoms with Crippen molar-refractivity contribution in [1.82, 2.24) is 30.6 Å². The van der Waals surface area contributed by atoms with Crippen LogP contribution in [-0.2, 0) is 19.1 Å². The van der Waals surface area contributed by atoms with E-state index in [9.17, 15) is 28.8 Å². The van der Waals surface area contributed by atoms with E-state index in [0.29, 0.717) is 5.02 Å². The molecular formula is C38H46Cl2N10O9. The van der Waals surface area contributed by atoms with E-state index in [2.05, 4.69) is 46.5 Å². The molecule has 5 amide bonds. The van der Waals surface area contributed by atoms with E-state index in [1.54, 1.807) is 71.9 Å². The molecule has 59 heavy (non-hydrogen) atoms. The number of hydrogen-bond acceptors (Lipinski definition) is 13. The van der Waals surface area contributed by atoms with Crippen LogP contribution in [-0.4, -0.2) is 84.2 Å². The smallest absolute Gasteiger partial charge is 0.408 e. The number of carbonyl (C=O) groups excluding carboxylic acids is 5. The highest BCUT2D eigenvalue weighted by Crippen LogP contribution is 2.20. The summed E-state index contributed by atoms with van der Waals surface area (Å²) >= 11 is 11.9. The van der Waals surface area contributed by atoms with E-state index in [-0.39, 0.29) is 39.7 Å². The van der Waals surface area contributed by atoms with Gasteiger partial charge >= 0.3 is 18.2 Å². The van der Waals surface area contributed by atoms with Crippen LogP contribution in [0.2, 0.25) is 10.0 Å². The van der Waals surface area contributed by atoms with Crippen LogP contribution in [0.4, 0.5) is 32.9 Å². The summed E-state index contributed by atoms with van der Waals surface area (Å²) in [5.74, 6) is -1.82. The van der Waals surface area contributed by atoms with Gasteiger partial charge in [0.25, 0.3) is 5.91 Å². The van der Waals surface area contributed by atoms with E-state index in [1.807, 2.05) is 0 Å². The lowest BCUT2D eigenvalue weighted by molar-refractivity contribution is -0.118. The van der Waals surface area contributed by atoms with Gasteiger partial charge in [-0.15, -0.1) is 0 Å². The van der Waals surface area contributed by atoms with Gasteiger partial charge in [-0.3, -0.25) is 19.4 Å². The van der Waals surface area contributed by atoms with Crippen molar-refractivity contribution in [1.29, 1.82) is 0 Å². The van der Waals surface area contributed by atoms with Crippen LogP contribution in [0.25, 0.3) is 0 Å². The number of pyridine rings is 4. The second kappa shape index (κ2) is 22.4. The number of amides is 5. The topological polar surface area (TPSA) is 279 Å². The molecule has 19 nitrogen and oxygen atoms in total. The summed E-state index contributed by atoms with van der Waals surface area (Å²) in [6.45, 7) is 13.4. The number of anilines is 4. The van der Waals surface area contributed by atoms with Gasteiger partial charge < -0.3 is 46.9 Å². The van der Waals surface area contributed by atoms with E-state index in [1.165, 1.54) is 56.6 Å². The Bertz CT molecular complexity index is 2060. The molecule has 8 N–H and O–H groups in total. The summed E-state index contributed by atoms with van der Waals surface area (Å²) in [5, 5.41) is 21.4. The van der Waals surface area contributed by atoms with Crippen LogP contribution in [0.5, 0.6) is 0 Å². The molecule has 0 aliphatic heterocycles. The van der Waals surface area contributed by atoms with Gasteiger partial charge in [-0.25, -0.2) is 29.3 Å². The fourth-order valence-corrected chi connectivity index (χ4v) is 4.36. The number of nitrogens with one attached hydrogen (secondary N) is 5. The Hall–Kier alpha value is -6.60. The number of nitrogens with zero attached hydrogens (tertiary/aromatic N) is 4. The molecule has 0 aromatic carbocycles. The minimum atomic E-state index is -0.990. The maximum atomic E-state index is 12.3. The molecule has 4 aromatic rings. The van der Waals surface area contributed by atoms with Crippen molar-refractivity contribution in [2.24, 2.45) is 0 Å². The molecule has 4 heterocycles. The number of aromatic nitrogens is 4. The van der Waals surface area contributed by atoms with E-state index in [0.717, 1.165) is 0 Å². The zero-order chi connectivity index (χ0) is 44.5. The van der Waals surface area contributed by atoms with Gasteiger partial charge in [0.1, 0.15) is 57.9 Å². The molecule has 0 saturated carbocycles. The molecule has 0 bridgehead atoms. The van der Waals surface area contributed by atoms with Gasteiger partial charge in [-0.2, -0.15) is 0 Å². The van der Waals surface area contributed by atoms with Crippen LogP contribution >= 0.6 is 23.2 Å². The number of alkyl carbamates (subject to hydrolysis) is 2. The van der Waals surface area contributed by atoms with Crippen LogP contribution in [0.15, 0.2) is 73.1 Å². The van der Waals surface area contributed by atoms with Crippen molar-refractivity contribution in [3.8, 4) is 0 Å². The first-order chi connectivity index (χ1) is 27.4. The standard InChI is InChI=1S/C19H22ClN5O4.C13H19ClN4O3.C6H5NO2/c1-11(22-18(28)29-19(2,3)4)16(26)24-14-9-12(20)10-15(23-14)25-17(27)13-7-5-6-8-21-13;1-7(16-12(20)21-13(2,3)4)11(19)18-10-6-8(14)5-9(15)17-10;8-6(9)5-3-1-2-4-7-5/h5-11H,1-4H3,(H,22,28)(H2,23,24,25,26,27);5-7H,1-4H3,(H,16,20)(H3,15,17,18,19);1-4H,(H,8,9). The van der Waals surface area contributed by atoms with E-state index < -0.39 is 59.2 Å². The normalized spacial score (nSPS) is 11.6. The fraction of sp³-hybridized carbons (Fsp3) is 0.316. The first-order valence-electron chi connectivity index (χ1n) is 17.5. The molecular weight excluding hydrogens is 811 g/mol. The Kier molecular flexibility index (Phi) is 18.4. The number of carboxylic acid groups (broad SMARTS) is 1. The number of hydrogen-bond donors (Lipinski definition) is 7. The van der Waals surface area contributed by atoms with Crippen molar-refractivity contribution in [2.75, 3.05) is 21.7 Å². The highest BCUT2D eigenvalue weighted by molar-refractivity contribution is 6.31. The molecule has 0 radical (unpaired) electrons. The molecule has 0 aliphatic carbocycles. The maximum Gasteiger partial charge on any atom is 0.408 e. The van der Waals surface area contributed by atoms with Crippen molar-refractivity contribution >= 4 is 82.4 Å². The summed E-state index contributed by atoms with van der Waals surface area (Å²) < 4.78 is 10.2. The third-order valence-electron chi connectivity index (χ3n) is 6.38. The summed E-state index contributed by atoms with van der Waals surface area (Å²) in [5.41, 5.74) is 4.49. The number of rotatable bonds is 9. The lowest BCUT2D eigenvalue weighted by Crippen LogP contribution is -2.44. The molecule has 0 fully saturated rings. The largest absolute Gasteiger partial charge is 0.477 e. The number of nitrogen functional groups attached to an aromatic ring is 1. The number of halogens is 2. The summed E-state index contributed by atoms with van der Waals surface area (Å²) in [7, 11) is 0. The molecule has 4 rings (SSSR count). The molecule has 316 valence electrons. The van der Waals surface area contributed by atoms with E-state index in [4.69, 9.17) is 43.5 Å². The predicted octanol–water partition coefficient (Wildman–Crippen LogP) is 6.18. The molecule has 2 atom stereocenters. The first kappa shape index (κ1) is 48.5. The van der Waals surface area contributed by atoms with Crippen LogP contribution in [0, 0.1) is 0 Å². The van der Waals surface area contributed by atoms with Crippen molar-refractivity contribution in [3.63, 3.8) is 0 Å². The summed E-state index contributed by atoms with van der Waals surface area (Å²) in [6.07, 6.45) is 1.54. The van der Waals surface area contributed by atoms with E-state index >= 15 is 0 Å². The summed E-state index contributed by atoms with van der Waals surface area (Å²) in [4.78, 5) is 85.5. The van der Waals surface area contributed by atoms with Crippen LogP contribution in [0.3, 0.4) is 0 Å². The molecule has 21 heteroatoms. The maximum absolute atomic E-state index is 12.3. The average Bonchev–Trinajstić information content (AvgIpc) is 3.10. The third-order valence-corrected chi connectivity index (χ3v) is 6.82. The third kappa shape index (κ3) is 19.9. The van der Waals surface area contributed by atoms with Crippen LogP contribution in [0.1, 0.15) is 76.4 Å². The lowest BCUT2D eigenvalue weighted by Gasteiger charge is -2.21. The number of ether oxygens (including phenoxy) is 2. The molecule has 0 saturated heterocycles. The van der Waals surface area contributed by atoms with Gasteiger partial charge in [0.05, 0.1) is 0 Å². The molecule has 4 aromatic heterocycles. The van der Waals surface area contributed by atoms with Gasteiger partial charge in [0.2, 0.25) is 11.8 Å². The minimum Gasteiger partial charge on any atom is -0.477 e. The second-order valence-corrected chi connectivity index (χ2v) is 14.9. The predicted molar refractivity (Wildman–Crippen MR) is 221 cm³/mol. The second-order valence-electron chi connectivity index (χ2n) is 14.1. The van der Waals surface area contributed by atoms with Gasteiger partial charge in [0, 0.05) is 22.4 Å². The lowest BCUT2D eigenvalue weighted by atomic mass is 10.2. The zero-order valence-electron chi connectivity index (χ0n) is 33.4. The van der Waals surface area contributed by atoms with Crippen LogP contribution < -0.4 is 32.3 Å². The van der Waals surface area contributed by atoms with Crippen molar-refractivity contribution in [3.05, 3.63) is 94.5 Å². The fourth-order valence-electron chi connectivity index (χ4n) is 3.94. The minimum absolute atomic E-state index is 0.0810. The molecule has 0 spiro atoms. The van der Waals surface area contributed by atoms with Crippen molar-refractivity contribution < 1.29 is 43.3 Å². The Balaban J connectivity index is 0.000000347. The number of aromatic carboxylic acids is 1. The number of carboxylic acids is 1. The zero-order valence-corrected chi connectivity index (χ0v) is 34.9. The quantitative estimate of drug-likeness (QED) is 0.0990. The highest BCUT2D eigenvalue weighted by atomic mass is 35.5. The highest BCUT2D eigenvalue weighted by Gasteiger charge is 2.23. The molecule has 0 aliphatic rings. The van der Waals surface area contributed by atoms with Gasteiger partial charge in [-0.1, -0.05) is 35.3 Å². The Labute approximate surface area is 350 Å². The first-order valence-corrected chi connectivity index (χ1v) is 18.2. The summed E-state index contributed by atoms with van der Waals surface area (Å²) in [6, 6.07) is 13.7. The number of carbonyl (C=O) groups is 6. The number of nitrogens with two attached hydrogens (primary N) is 1. The van der Waals surface area contributed by atoms with Gasteiger partial charge in [0.15, 0.2) is 0 Å². The monoisotopic (exact) mass is 856 g/mol. The van der Waals surface area contributed by atoms with Crippen molar-refractivity contribution in [2.45, 2.75) is 78.7 Å². The average molecular weight is 858 g/mol. The Morgan fingerprint density at radius 3 is 1.42 bits per heavy atom.